The first kappa shape index (κ1) is 27.0. The number of hydrogen-bond donors (Lipinski definition) is 3. The molecule has 1 aliphatic heterocycles. The van der Waals surface area contributed by atoms with Gasteiger partial charge in [0.25, 0.3) is 11.8 Å². The van der Waals surface area contributed by atoms with Gasteiger partial charge in [-0.1, -0.05) is 66.7 Å². The molecule has 0 radical (unpaired) electrons. The first-order valence-corrected chi connectivity index (χ1v) is 13.9. The minimum atomic E-state index is -1.03. The monoisotopic (exact) mass is 551 g/mol. The number of anilines is 2. The molecule has 3 N–H and O–H groups in total. The molecule has 0 bridgehead atoms. The number of aromatic hydroxyl groups is 1. The molecule has 40 heavy (non-hydrogen) atoms. The topological polar surface area (TPSA) is 98.7 Å². The number of carbonyl (C=O) groups excluding carboxylic acids is 3. The Kier molecular flexibility index (Phi) is 7.89. The number of aryl methyl sites for hydroxylation is 2. The quantitative estimate of drug-likeness (QED) is 0.266. The zero-order valence-corrected chi connectivity index (χ0v) is 22.9. The molecule has 2 atom stereocenters. The summed E-state index contributed by atoms with van der Waals surface area (Å²) in [4.78, 5) is 41.7. The predicted molar refractivity (Wildman–Crippen MR) is 158 cm³/mol. The summed E-state index contributed by atoms with van der Waals surface area (Å²) in [6.45, 7) is 3.81. The number of phenolic OH excluding ortho intramolecular Hbond substituents is 1. The molecule has 0 spiro atoms. The van der Waals surface area contributed by atoms with Crippen LogP contribution >= 0.6 is 11.8 Å². The molecule has 0 saturated carbocycles. The number of carbonyl (C=O) groups is 3. The smallest absolute Gasteiger partial charge is 0.252 e. The minimum absolute atomic E-state index is 0.0358. The molecule has 1 saturated heterocycles. The van der Waals surface area contributed by atoms with E-state index in [1.807, 2.05) is 68.4 Å². The van der Waals surface area contributed by atoms with Crippen LogP contribution in [0.2, 0.25) is 0 Å². The molecule has 3 amide bonds. The zero-order chi connectivity index (χ0) is 28.2. The maximum absolute atomic E-state index is 13.5. The van der Waals surface area contributed by atoms with Crippen LogP contribution in [0.15, 0.2) is 97.1 Å². The lowest BCUT2D eigenvalue weighted by molar-refractivity contribution is -0.118. The van der Waals surface area contributed by atoms with Crippen molar-refractivity contribution in [1.82, 2.24) is 5.32 Å². The Bertz CT molecular complexity index is 1540. The summed E-state index contributed by atoms with van der Waals surface area (Å²) in [6.07, 6.45) is 0. The van der Waals surface area contributed by atoms with Crippen molar-refractivity contribution in [3.63, 3.8) is 0 Å². The summed E-state index contributed by atoms with van der Waals surface area (Å²) in [6, 6.07) is 27.5. The number of nitrogens with zero attached hydrogens (tertiary/aromatic N) is 1. The standard InChI is InChI=1S/C32H29N3O4S/c1-20-8-6-9-21(2)28(20)33-31(39)29(22-14-16-26(36)17-15-22)34-30(38)24-12-7-13-25(18-24)35-27(37)19-40-32(35)23-10-4-3-5-11-23/h3-18,29,32,36H,19H2,1-2H3,(H,33,39)(H,34,38)/t29-,32-/m0/s1. The number of nitrogens with one attached hydrogen (secondary N) is 2. The number of hydrogen-bond acceptors (Lipinski definition) is 5. The molecule has 0 unspecified atom stereocenters. The van der Waals surface area contributed by atoms with Crippen molar-refractivity contribution in [3.8, 4) is 5.75 Å². The Balaban J connectivity index is 1.42. The molecule has 5 rings (SSSR count). The number of rotatable bonds is 7. The Morgan fingerprint density at radius 1 is 0.900 bits per heavy atom. The van der Waals surface area contributed by atoms with E-state index in [2.05, 4.69) is 10.6 Å². The maximum atomic E-state index is 13.5. The van der Waals surface area contributed by atoms with Gasteiger partial charge in [0.2, 0.25) is 5.91 Å². The summed E-state index contributed by atoms with van der Waals surface area (Å²) in [7, 11) is 0. The van der Waals surface area contributed by atoms with Crippen molar-refractivity contribution in [2.45, 2.75) is 25.3 Å². The Labute approximate surface area is 237 Å². The molecular formula is C32H29N3O4S. The second kappa shape index (κ2) is 11.7. The van der Waals surface area contributed by atoms with E-state index in [0.717, 1.165) is 16.7 Å². The average Bonchev–Trinajstić information content (AvgIpc) is 3.36. The van der Waals surface area contributed by atoms with Gasteiger partial charge in [0.05, 0.1) is 5.75 Å². The SMILES string of the molecule is Cc1cccc(C)c1NC(=O)[C@@H](NC(=O)c1cccc(N2C(=O)CS[C@H]2c2ccccc2)c1)c1ccc(O)cc1. The fourth-order valence-electron chi connectivity index (χ4n) is 4.75. The number of benzene rings is 4. The van der Waals surface area contributed by atoms with Gasteiger partial charge in [-0.2, -0.15) is 0 Å². The Morgan fingerprint density at radius 3 is 2.27 bits per heavy atom. The lowest BCUT2D eigenvalue weighted by Crippen LogP contribution is -2.37. The van der Waals surface area contributed by atoms with Gasteiger partial charge in [-0.05, 0) is 66.4 Å². The lowest BCUT2D eigenvalue weighted by Gasteiger charge is -2.25. The Hall–Kier alpha value is -4.56. The molecule has 4 aromatic rings. The van der Waals surface area contributed by atoms with Crippen molar-refractivity contribution >= 4 is 40.9 Å². The first-order valence-electron chi connectivity index (χ1n) is 12.9. The molecule has 1 heterocycles. The van der Waals surface area contributed by atoms with Crippen LogP contribution in [0.1, 0.15) is 44.0 Å². The number of phenols is 1. The third-order valence-corrected chi connectivity index (χ3v) is 8.04. The van der Waals surface area contributed by atoms with Gasteiger partial charge in [-0.15, -0.1) is 11.8 Å². The van der Waals surface area contributed by atoms with E-state index in [1.54, 1.807) is 35.2 Å². The fraction of sp³-hybridized carbons (Fsp3) is 0.156. The largest absolute Gasteiger partial charge is 0.508 e. The number of amides is 3. The van der Waals surface area contributed by atoms with E-state index in [9.17, 15) is 19.5 Å². The van der Waals surface area contributed by atoms with E-state index in [4.69, 9.17) is 0 Å². The van der Waals surface area contributed by atoms with E-state index in [1.165, 1.54) is 23.9 Å². The van der Waals surface area contributed by atoms with Crippen molar-refractivity contribution in [3.05, 3.63) is 125 Å². The van der Waals surface area contributed by atoms with Gasteiger partial charge in [-0.3, -0.25) is 19.3 Å². The second-order valence-electron chi connectivity index (χ2n) is 9.64. The molecule has 1 fully saturated rings. The van der Waals surface area contributed by atoms with Gasteiger partial charge in [0.15, 0.2) is 0 Å². The third kappa shape index (κ3) is 5.72. The van der Waals surface area contributed by atoms with E-state index < -0.39 is 17.9 Å². The summed E-state index contributed by atoms with van der Waals surface area (Å²) < 4.78 is 0. The van der Waals surface area contributed by atoms with Crippen LogP contribution < -0.4 is 15.5 Å². The van der Waals surface area contributed by atoms with Crippen LogP contribution in [0, 0.1) is 13.8 Å². The highest BCUT2D eigenvalue weighted by atomic mass is 32.2. The molecular weight excluding hydrogens is 522 g/mol. The molecule has 202 valence electrons. The summed E-state index contributed by atoms with van der Waals surface area (Å²) in [5.74, 6) is -0.517. The molecule has 4 aromatic carbocycles. The highest BCUT2D eigenvalue weighted by Crippen LogP contribution is 2.41. The maximum Gasteiger partial charge on any atom is 0.252 e. The van der Waals surface area contributed by atoms with Crippen molar-refractivity contribution in [1.29, 1.82) is 0 Å². The van der Waals surface area contributed by atoms with Crippen molar-refractivity contribution in [2.75, 3.05) is 16.0 Å². The number of thioether (sulfide) groups is 1. The van der Waals surface area contributed by atoms with Crippen LogP contribution in [0.5, 0.6) is 5.75 Å². The Morgan fingerprint density at radius 2 is 1.57 bits per heavy atom. The van der Waals surface area contributed by atoms with Crippen LogP contribution in [0.3, 0.4) is 0 Å². The lowest BCUT2D eigenvalue weighted by atomic mass is 10.0. The molecule has 0 aromatic heterocycles. The van der Waals surface area contributed by atoms with E-state index in [-0.39, 0.29) is 17.0 Å². The molecule has 0 aliphatic carbocycles. The average molecular weight is 552 g/mol. The first-order chi connectivity index (χ1) is 19.3. The van der Waals surface area contributed by atoms with Crippen LogP contribution in [-0.2, 0) is 9.59 Å². The highest BCUT2D eigenvalue weighted by Gasteiger charge is 2.34. The van der Waals surface area contributed by atoms with Gasteiger partial charge in [0.1, 0.15) is 17.2 Å². The number of para-hydroxylation sites is 1. The van der Waals surface area contributed by atoms with E-state index >= 15 is 0 Å². The van der Waals surface area contributed by atoms with Crippen LogP contribution in [0.4, 0.5) is 11.4 Å². The molecule has 7 nitrogen and oxygen atoms in total. The summed E-state index contributed by atoms with van der Waals surface area (Å²) in [5, 5.41) is 15.4. The fourth-order valence-corrected chi connectivity index (χ4v) is 5.93. The molecule has 8 heteroatoms. The molecule has 1 aliphatic rings. The summed E-state index contributed by atoms with van der Waals surface area (Å²) in [5.41, 5.74) is 4.93. The zero-order valence-electron chi connectivity index (χ0n) is 22.1. The normalized spacial score (nSPS) is 15.5. The third-order valence-electron chi connectivity index (χ3n) is 6.83. The van der Waals surface area contributed by atoms with Crippen molar-refractivity contribution < 1.29 is 19.5 Å². The second-order valence-corrected chi connectivity index (χ2v) is 10.7. The highest BCUT2D eigenvalue weighted by molar-refractivity contribution is 8.00. The predicted octanol–water partition coefficient (Wildman–Crippen LogP) is 5.90. The van der Waals surface area contributed by atoms with Crippen LogP contribution in [-0.4, -0.2) is 28.6 Å². The summed E-state index contributed by atoms with van der Waals surface area (Å²) >= 11 is 1.54. The van der Waals surface area contributed by atoms with Gasteiger partial charge >= 0.3 is 0 Å². The van der Waals surface area contributed by atoms with Crippen molar-refractivity contribution in [2.24, 2.45) is 0 Å². The van der Waals surface area contributed by atoms with Crippen LogP contribution in [0.25, 0.3) is 0 Å². The van der Waals surface area contributed by atoms with Gasteiger partial charge < -0.3 is 15.7 Å². The van der Waals surface area contributed by atoms with Gasteiger partial charge in [-0.25, -0.2) is 0 Å². The van der Waals surface area contributed by atoms with Gasteiger partial charge in [0, 0.05) is 16.9 Å². The minimum Gasteiger partial charge on any atom is -0.508 e. The van der Waals surface area contributed by atoms with E-state index in [0.29, 0.717) is 28.3 Å².